The molecule has 3 heterocycles. The second-order valence-corrected chi connectivity index (χ2v) is 5.72. The Morgan fingerprint density at radius 2 is 1.83 bits per heavy atom. The molecule has 0 radical (unpaired) electrons. The molecule has 3 aromatic rings. The normalized spacial score (nSPS) is 15.8. The summed E-state index contributed by atoms with van der Waals surface area (Å²) in [7, 11) is 2.10. The molecule has 3 N–H and O–H groups in total. The largest absolute Gasteiger partial charge is 0.423 e. The summed E-state index contributed by atoms with van der Waals surface area (Å²) in [5, 5.41) is 2.97. The highest BCUT2D eigenvalue weighted by Gasteiger charge is 2.18. The summed E-state index contributed by atoms with van der Waals surface area (Å²) >= 11 is 0. The van der Waals surface area contributed by atoms with E-state index in [0.29, 0.717) is 23.5 Å². The van der Waals surface area contributed by atoms with Gasteiger partial charge in [0, 0.05) is 26.2 Å². The molecule has 4 rings (SSSR count). The monoisotopic (exact) mass is 326 g/mol. The Kier molecular flexibility index (Phi) is 3.62. The standard InChI is InChI=1S/C15H18N8O/c1-22-6-8-23(9-7-22)14-19-12(16)18-13(20-14)21-15-17-10-4-2-3-5-11(10)24-15/h2-5H,6-9H2,1H3,(H3,16,17,18,19,20,21). The van der Waals surface area contributed by atoms with Crippen molar-refractivity contribution in [3.63, 3.8) is 0 Å². The predicted molar refractivity (Wildman–Crippen MR) is 91.2 cm³/mol. The van der Waals surface area contributed by atoms with Crippen molar-refractivity contribution < 1.29 is 4.42 Å². The lowest BCUT2D eigenvalue weighted by Gasteiger charge is -2.32. The number of oxazole rings is 1. The predicted octanol–water partition coefficient (Wildman–Crippen LogP) is 1.09. The minimum Gasteiger partial charge on any atom is -0.423 e. The van der Waals surface area contributed by atoms with Gasteiger partial charge in [-0.2, -0.15) is 19.9 Å². The van der Waals surface area contributed by atoms with Gasteiger partial charge in [-0.1, -0.05) is 12.1 Å². The van der Waals surface area contributed by atoms with E-state index >= 15 is 0 Å². The SMILES string of the molecule is CN1CCN(c2nc(N)nc(Nc3nc4ccccc4o3)n2)CC1. The molecule has 1 aliphatic rings. The zero-order valence-corrected chi connectivity index (χ0v) is 13.3. The maximum Gasteiger partial charge on any atom is 0.302 e. The van der Waals surface area contributed by atoms with Crippen molar-refractivity contribution in [2.75, 3.05) is 49.2 Å². The average Bonchev–Trinajstić information content (AvgIpc) is 2.97. The first-order chi connectivity index (χ1) is 11.7. The molecule has 1 aliphatic heterocycles. The van der Waals surface area contributed by atoms with Crippen molar-refractivity contribution in [2.24, 2.45) is 0 Å². The number of hydrogen-bond donors (Lipinski definition) is 2. The number of aromatic nitrogens is 4. The molecule has 0 spiro atoms. The van der Waals surface area contributed by atoms with Gasteiger partial charge in [-0.15, -0.1) is 0 Å². The van der Waals surface area contributed by atoms with E-state index in [-0.39, 0.29) is 5.95 Å². The third-order valence-corrected chi connectivity index (χ3v) is 3.94. The van der Waals surface area contributed by atoms with Crippen LogP contribution in [0.4, 0.5) is 23.9 Å². The van der Waals surface area contributed by atoms with Crippen LogP contribution in [-0.4, -0.2) is 58.1 Å². The van der Waals surface area contributed by atoms with E-state index in [1.807, 2.05) is 24.3 Å². The van der Waals surface area contributed by atoms with Gasteiger partial charge in [0.15, 0.2) is 5.58 Å². The van der Waals surface area contributed by atoms with Crippen LogP contribution in [0.3, 0.4) is 0 Å². The molecule has 1 aromatic carbocycles. The summed E-state index contributed by atoms with van der Waals surface area (Å²) in [5.74, 6) is 1.05. The summed E-state index contributed by atoms with van der Waals surface area (Å²) in [4.78, 5) is 21.5. The lowest BCUT2D eigenvalue weighted by molar-refractivity contribution is 0.311. The molecule has 0 saturated carbocycles. The van der Waals surface area contributed by atoms with Gasteiger partial charge in [-0.25, -0.2) is 0 Å². The van der Waals surface area contributed by atoms with Crippen LogP contribution in [-0.2, 0) is 0 Å². The summed E-state index contributed by atoms with van der Waals surface area (Å²) in [6, 6.07) is 7.85. The van der Waals surface area contributed by atoms with E-state index in [1.165, 1.54) is 0 Å². The lowest BCUT2D eigenvalue weighted by atomic mass is 10.3. The average molecular weight is 326 g/mol. The van der Waals surface area contributed by atoms with Crippen LogP contribution >= 0.6 is 0 Å². The number of benzene rings is 1. The fourth-order valence-corrected chi connectivity index (χ4v) is 2.61. The highest BCUT2D eigenvalue weighted by molar-refractivity contribution is 5.74. The number of fused-ring (bicyclic) bond motifs is 1. The first-order valence-corrected chi connectivity index (χ1v) is 7.75. The van der Waals surface area contributed by atoms with E-state index in [1.54, 1.807) is 0 Å². The van der Waals surface area contributed by atoms with Gasteiger partial charge in [-0.05, 0) is 19.2 Å². The zero-order valence-electron chi connectivity index (χ0n) is 13.3. The Hall–Kier alpha value is -2.94. The van der Waals surface area contributed by atoms with Crippen molar-refractivity contribution in [2.45, 2.75) is 0 Å². The van der Waals surface area contributed by atoms with E-state index in [0.717, 1.165) is 31.7 Å². The number of likely N-dealkylation sites (N-methyl/N-ethyl adjacent to an activating group) is 1. The van der Waals surface area contributed by atoms with Crippen LogP contribution in [0.5, 0.6) is 0 Å². The van der Waals surface area contributed by atoms with Gasteiger partial charge in [0.1, 0.15) is 5.52 Å². The first kappa shape index (κ1) is 14.6. The molecular formula is C15H18N8O. The summed E-state index contributed by atoms with van der Waals surface area (Å²) < 4.78 is 5.63. The lowest BCUT2D eigenvalue weighted by Crippen LogP contribution is -2.45. The number of nitrogen functional groups attached to an aromatic ring is 1. The molecule has 0 amide bonds. The summed E-state index contributed by atoms with van der Waals surface area (Å²) in [6.45, 7) is 3.61. The molecule has 2 aromatic heterocycles. The van der Waals surface area contributed by atoms with E-state index < -0.39 is 0 Å². The van der Waals surface area contributed by atoms with Crippen molar-refractivity contribution in [1.29, 1.82) is 0 Å². The number of piperazine rings is 1. The van der Waals surface area contributed by atoms with Crippen molar-refractivity contribution in [3.8, 4) is 0 Å². The molecule has 0 bridgehead atoms. The highest BCUT2D eigenvalue weighted by Crippen LogP contribution is 2.21. The van der Waals surface area contributed by atoms with E-state index in [9.17, 15) is 0 Å². The Balaban J connectivity index is 1.58. The van der Waals surface area contributed by atoms with E-state index in [4.69, 9.17) is 10.2 Å². The Morgan fingerprint density at radius 1 is 1.04 bits per heavy atom. The fraction of sp³-hybridized carbons (Fsp3) is 0.333. The van der Waals surface area contributed by atoms with Crippen LogP contribution in [0.1, 0.15) is 0 Å². The van der Waals surface area contributed by atoms with E-state index in [2.05, 4.69) is 42.1 Å². The quantitative estimate of drug-likeness (QED) is 0.730. The molecule has 1 saturated heterocycles. The number of para-hydroxylation sites is 2. The van der Waals surface area contributed by atoms with Gasteiger partial charge in [0.25, 0.3) is 0 Å². The third kappa shape index (κ3) is 2.93. The molecular weight excluding hydrogens is 308 g/mol. The Morgan fingerprint density at radius 3 is 2.62 bits per heavy atom. The molecule has 9 heteroatoms. The fourth-order valence-electron chi connectivity index (χ4n) is 2.61. The first-order valence-electron chi connectivity index (χ1n) is 7.75. The molecule has 0 atom stereocenters. The van der Waals surface area contributed by atoms with Crippen molar-refractivity contribution in [3.05, 3.63) is 24.3 Å². The Labute approximate surface area is 138 Å². The molecule has 24 heavy (non-hydrogen) atoms. The minimum atomic E-state index is 0.164. The topological polar surface area (TPSA) is 109 Å². The second kappa shape index (κ2) is 5.93. The van der Waals surface area contributed by atoms with Crippen molar-refractivity contribution >= 4 is 35.0 Å². The van der Waals surface area contributed by atoms with Crippen LogP contribution < -0.4 is 16.0 Å². The van der Waals surface area contributed by atoms with Crippen LogP contribution in [0.25, 0.3) is 11.1 Å². The van der Waals surface area contributed by atoms with Crippen LogP contribution in [0.15, 0.2) is 28.7 Å². The zero-order chi connectivity index (χ0) is 16.5. The number of hydrogen-bond acceptors (Lipinski definition) is 9. The Bertz CT molecular complexity index is 823. The maximum atomic E-state index is 5.83. The number of anilines is 4. The highest BCUT2D eigenvalue weighted by atomic mass is 16.4. The second-order valence-electron chi connectivity index (χ2n) is 5.72. The maximum absolute atomic E-state index is 5.83. The van der Waals surface area contributed by atoms with Gasteiger partial charge in [0.2, 0.25) is 17.8 Å². The molecule has 9 nitrogen and oxygen atoms in total. The summed E-state index contributed by atoms with van der Waals surface area (Å²) in [6.07, 6.45) is 0. The minimum absolute atomic E-state index is 0.164. The third-order valence-electron chi connectivity index (χ3n) is 3.94. The number of nitrogens with one attached hydrogen (secondary N) is 1. The van der Waals surface area contributed by atoms with Crippen LogP contribution in [0.2, 0.25) is 0 Å². The molecule has 1 fully saturated rings. The van der Waals surface area contributed by atoms with Gasteiger partial charge >= 0.3 is 6.01 Å². The van der Waals surface area contributed by atoms with Crippen molar-refractivity contribution in [1.82, 2.24) is 24.8 Å². The molecule has 0 aliphatic carbocycles. The number of rotatable bonds is 3. The van der Waals surface area contributed by atoms with Gasteiger partial charge in [-0.3, -0.25) is 5.32 Å². The smallest absolute Gasteiger partial charge is 0.302 e. The van der Waals surface area contributed by atoms with Gasteiger partial charge in [0.05, 0.1) is 0 Å². The number of nitrogens with two attached hydrogens (primary N) is 1. The van der Waals surface area contributed by atoms with Crippen LogP contribution in [0, 0.1) is 0 Å². The van der Waals surface area contributed by atoms with Gasteiger partial charge < -0.3 is 20.0 Å². The molecule has 124 valence electrons. The summed E-state index contributed by atoms with van der Waals surface area (Å²) in [5.41, 5.74) is 7.29. The number of nitrogens with zero attached hydrogens (tertiary/aromatic N) is 6. The molecule has 0 unspecified atom stereocenters.